The molecule has 0 aromatic heterocycles. The van der Waals surface area contributed by atoms with Gasteiger partial charge in [-0.15, -0.1) is 0 Å². The molecule has 5 nitrogen and oxygen atoms in total. The van der Waals surface area contributed by atoms with Crippen LogP contribution in [0, 0.1) is 5.82 Å². The molecule has 1 fully saturated rings. The van der Waals surface area contributed by atoms with Gasteiger partial charge in [0, 0.05) is 29.2 Å². The maximum absolute atomic E-state index is 14.7. The van der Waals surface area contributed by atoms with E-state index in [1.165, 1.54) is 17.0 Å². The molecule has 0 bridgehead atoms. The van der Waals surface area contributed by atoms with Gasteiger partial charge in [-0.25, -0.2) is 4.39 Å². The molecule has 0 unspecified atom stereocenters. The maximum atomic E-state index is 14.7. The molecule has 30 heavy (non-hydrogen) atoms. The van der Waals surface area contributed by atoms with Gasteiger partial charge in [0.25, 0.3) is 11.7 Å². The van der Waals surface area contributed by atoms with Gasteiger partial charge < -0.3 is 14.9 Å². The summed E-state index contributed by atoms with van der Waals surface area (Å²) in [5.41, 5.74) is 0.390. The summed E-state index contributed by atoms with van der Waals surface area (Å²) >= 11 is 5.91. The molecule has 158 valence electrons. The number of likely N-dealkylation sites (tertiary alicyclic amines) is 1. The van der Waals surface area contributed by atoms with Crippen molar-refractivity contribution in [2.24, 2.45) is 0 Å². The molecule has 1 N–H and O–H groups in total. The van der Waals surface area contributed by atoms with Crippen molar-refractivity contribution in [1.29, 1.82) is 0 Å². The van der Waals surface area contributed by atoms with Crippen LogP contribution in [0.2, 0.25) is 5.02 Å². The molecule has 1 heterocycles. The van der Waals surface area contributed by atoms with Crippen LogP contribution in [0.1, 0.15) is 31.0 Å². The van der Waals surface area contributed by atoms with E-state index in [1.807, 2.05) is 13.8 Å². The highest BCUT2D eigenvalue weighted by molar-refractivity contribution is 6.46. The highest BCUT2D eigenvalue weighted by atomic mass is 35.5. The fourth-order valence-electron chi connectivity index (χ4n) is 3.68. The number of nitrogens with zero attached hydrogens (tertiary/aromatic N) is 2. The Bertz CT molecular complexity index is 971. The van der Waals surface area contributed by atoms with Crippen LogP contribution >= 0.6 is 11.6 Å². The van der Waals surface area contributed by atoms with Crippen LogP contribution in [0.4, 0.5) is 4.39 Å². The van der Waals surface area contributed by atoms with Crippen LogP contribution in [0.5, 0.6) is 0 Å². The monoisotopic (exact) mass is 430 g/mol. The van der Waals surface area contributed by atoms with Gasteiger partial charge in [0.15, 0.2) is 0 Å². The molecule has 1 amide bonds. The highest BCUT2D eigenvalue weighted by Gasteiger charge is 2.46. The highest BCUT2D eigenvalue weighted by Crippen LogP contribution is 2.40. The quantitative estimate of drug-likeness (QED) is 0.405. The van der Waals surface area contributed by atoms with Crippen molar-refractivity contribution in [1.82, 2.24) is 9.80 Å². The number of likely N-dealkylation sites (N-methyl/N-ethyl adjacent to an activating group) is 1. The van der Waals surface area contributed by atoms with E-state index in [-0.39, 0.29) is 23.4 Å². The van der Waals surface area contributed by atoms with E-state index in [2.05, 4.69) is 4.90 Å². The zero-order chi connectivity index (χ0) is 21.8. The number of Topliss-reactive ketones (excluding diaryl/α,β-unsaturated/α-hetero) is 1. The largest absolute Gasteiger partial charge is 0.507 e. The Morgan fingerprint density at radius 2 is 1.73 bits per heavy atom. The van der Waals surface area contributed by atoms with E-state index in [0.29, 0.717) is 17.1 Å². The molecular weight excluding hydrogens is 407 g/mol. The Balaban J connectivity index is 2.11. The van der Waals surface area contributed by atoms with Crippen LogP contribution in [0.3, 0.4) is 0 Å². The number of benzene rings is 2. The summed E-state index contributed by atoms with van der Waals surface area (Å²) in [5.74, 6) is -2.45. The maximum Gasteiger partial charge on any atom is 0.295 e. The standard InChI is InChI=1S/C23H24ClFN2O3/c1-3-26(4-2)13-14-27-20(17-7-5-6-8-18(17)25)19(22(29)23(27)30)21(28)15-9-11-16(24)12-10-15/h5-12,20,28H,3-4,13-14H2,1-2H3/b21-19+/t20-/m1/s1. The molecular formula is C23H24ClFN2O3. The van der Waals surface area contributed by atoms with E-state index < -0.39 is 23.5 Å². The molecule has 3 rings (SSSR count). The van der Waals surface area contributed by atoms with Gasteiger partial charge in [-0.1, -0.05) is 43.6 Å². The number of carbonyl (C=O) groups is 2. The summed E-state index contributed by atoms with van der Waals surface area (Å²) in [5, 5.41) is 11.4. The number of aliphatic hydroxyl groups is 1. The zero-order valence-electron chi connectivity index (χ0n) is 16.9. The van der Waals surface area contributed by atoms with Gasteiger partial charge in [-0.3, -0.25) is 9.59 Å². The lowest BCUT2D eigenvalue weighted by Crippen LogP contribution is -2.38. The molecule has 0 spiro atoms. The summed E-state index contributed by atoms with van der Waals surface area (Å²) in [6, 6.07) is 11.3. The third kappa shape index (κ3) is 4.25. The van der Waals surface area contributed by atoms with Crippen molar-refractivity contribution < 1.29 is 19.1 Å². The zero-order valence-corrected chi connectivity index (χ0v) is 17.7. The first-order chi connectivity index (χ1) is 14.4. The number of hydrogen-bond donors (Lipinski definition) is 1. The summed E-state index contributed by atoms with van der Waals surface area (Å²) in [4.78, 5) is 29.2. The van der Waals surface area contributed by atoms with E-state index in [0.717, 1.165) is 13.1 Å². The molecule has 0 radical (unpaired) electrons. The number of ketones is 1. The SMILES string of the molecule is CCN(CC)CCN1C(=O)C(=O)/C(=C(/O)c2ccc(Cl)cc2)[C@H]1c1ccccc1F. The Hall–Kier alpha value is -2.70. The minimum absolute atomic E-state index is 0.119. The average molecular weight is 431 g/mol. The second-order valence-electron chi connectivity index (χ2n) is 7.05. The van der Waals surface area contributed by atoms with E-state index in [9.17, 15) is 19.1 Å². The number of halogens is 2. The van der Waals surface area contributed by atoms with E-state index in [1.54, 1.807) is 36.4 Å². The predicted molar refractivity (Wildman–Crippen MR) is 115 cm³/mol. The van der Waals surface area contributed by atoms with Gasteiger partial charge in [0.05, 0.1) is 11.6 Å². The molecule has 2 aromatic carbocycles. The van der Waals surface area contributed by atoms with E-state index in [4.69, 9.17) is 11.6 Å². The average Bonchev–Trinajstić information content (AvgIpc) is 2.99. The van der Waals surface area contributed by atoms with Gasteiger partial charge in [0.1, 0.15) is 11.6 Å². The summed E-state index contributed by atoms with van der Waals surface area (Å²) in [6.45, 7) is 6.36. The third-order valence-corrected chi connectivity index (χ3v) is 5.66. The lowest BCUT2D eigenvalue weighted by molar-refractivity contribution is -0.140. The normalized spacial score (nSPS) is 18.4. The molecule has 1 aliphatic rings. The van der Waals surface area contributed by atoms with Crippen molar-refractivity contribution in [2.75, 3.05) is 26.2 Å². The molecule has 0 saturated carbocycles. The van der Waals surface area contributed by atoms with Gasteiger partial charge in [-0.05, 0) is 43.4 Å². The molecule has 0 aliphatic carbocycles. The van der Waals surface area contributed by atoms with Gasteiger partial charge in [0.2, 0.25) is 0 Å². The third-order valence-electron chi connectivity index (χ3n) is 5.41. The van der Waals surface area contributed by atoms with E-state index >= 15 is 0 Å². The number of rotatable bonds is 7. The first kappa shape index (κ1) is 22.0. The summed E-state index contributed by atoms with van der Waals surface area (Å²) in [6.07, 6.45) is 0. The Morgan fingerprint density at radius 3 is 2.33 bits per heavy atom. The number of amides is 1. The first-order valence-corrected chi connectivity index (χ1v) is 10.3. The molecule has 2 aromatic rings. The molecule has 7 heteroatoms. The molecule has 1 aliphatic heterocycles. The number of hydrogen-bond acceptors (Lipinski definition) is 4. The van der Waals surface area contributed by atoms with Crippen LogP contribution in [0.25, 0.3) is 5.76 Å². The lowest BCUT2D eigenvalue weighted by atomic mass is 9.95. The number of aliphatic hydroxyl groups excluding tert-OH is 1. The van der Waals surface area contributed by atoms with Crippen molar-refractivity contribution in [3.63, 3.8) is 0 Å². The van der Waals surface area contributed by atoms with Crippen LogP contribution in [-0.2, 0) is 9.59 Å². The second-order valence-corrected chi connectivity index (χ2v) is 7.48. The van der Waals surface area contributed by atoms with Crippen molar-refractivity contribution in [2.45, 2.75) is 19.9 Å². The first-order valence-electron chi connectivity index (χ1n) is 9.90. The number of carbonyl (C=O) groups excluding carboxylic acids is 2. The van der Waals surface area contributed by atoms with Crippen molar-refractivity contribution >= 4 is 29.1 Å². The minimum Gasteiger partial charge on any atom is -0.507 e. The predicted octanol–water partition coefficient (Wildman–Crippen LogP) is 4.24. The lowest BCUT2D eigenvalue weighted by Gasteiger charge is -2.28. The van der Waals surface area contributed by atoms with Gasteiger partial charge >= 0.3 is 0 Å². The Labute approximate surface area is 180 Å². The summed E-state index contributed by atoms with van der Waals surface area (Å²) in [7, 11) is 0. The fourth-order valence-corrected chi connectivity index (χ4v) is 3.81. The Kier molecular flexibility index (Phi) is 6.90. The van der Waals surface area contributed by atoms with Gasteiger partial charge in [-0.2, -0.15) is 0 Å². The topological polar surface area (TPSA) is 60.9 Å². The Morgan fingerprint density at radius 1 is 1.10 bits per heavy atom. The smallest absolute Gasteiger partial charge is 0.295 e. The van der Waals surface area contributed by atoms with Crippen LogP contribution in [0.15, 0.2) is 54.1 Å². The minimum atomic E-state index is -1.00. The van der Waals surface area contributed by atoms with Crippen molar-refractivity contribution in [3.8, 4) is 0 Å². The molecule has 1 atom stereocenters. The molecule has 1 saturated heterocycles. The fraction of sp³-hybridized carbons (Fsp3) is 0.304. The van der Waals surface area contributed by atoms with Crippen LogP contribution < -0.4 is 0 Å². The second kappa shape index (κ2) is 9.41. The van der Waals surface area contributed by atoms with Crippen molar-refractivity contribution in [3.05, 3.63) is 76.1 Å². The van der Waals surface area contributed by atoms with Crippen LogP contribution in [-0.4, -0.2) is 52.8 Å². The summed E-state index contributed by atoms with van der Waals surface area (Å²) < 4.78 is 14.7.